The van der Waals surface area contributed by atoms with Gasteiger partial charge in [0.25, 0.3) is 0 Å². The standard InChI is InChI=1S/C18H37O4P.H2O/c1-2-3-4-5-6-7-8-9-10-11-12-13-14-15-16-17-18-22-23(19,20)21;/h9-10H,2-8,11-18H2,1H3,(H2,19,20,21);1H2/b10-9-;. The second-order valence-corrected chi connectivity index (χ2v) is 7.50. The molecular weight excluding hydrogens is 327 g/mol. The molecule has 0 aromatic rings. The lowest BCUT2D eigenvalue weighted by molar-refractivity contribution is 0.193. The van der Waals surface area contributed by atoms with Crippen LogP contribution in [0.3, 0.4) is 0 Å². The zero-order valence-electron chi connectivity index (χ0n) is 15.4. The van der Waals surface area contributed by atoms with Crippen LogP contribution >= 0.6 is 7.82 Å². The summed E-state index contributed by atoms with van der Waals surface area (Å²) in [5, 5.41) is 0. The Morgan fingerprint density at radius 1 is 0.750 bits per heavy atom. The maximum Gasteiger partial charge on any atom is 0.469 e. The number of hydrogen-bond donors (Lipinski definition) is 2. The van der Waals surface area contributed by atoms with Gasteiger partial charge in [0.15, 0.2) is 0 Å². The topological polar surface area (TPSA) is 98.3 Å². The summed E-state index contributed by atoms with van der Waals surface area (Å²) in [5.41, 5.74) is 0. The van der Waals surface area contributed by atoms with Crippen molar-refractivity contribution in [1.29, 1.82) is 0 Å². The van der Waals surface area contributed by atoms with E-state index in [1.54, 1.807) is 0 Å². The first-order valence-corrected chi connectivity index (χ1v) is 10.9. The van der Waals surface area contributed by atoms with Crippen molar-refractivity contribution in [3.05, 3.63) is 12.2 Å². The number of phosphoric ester groups is 1. The molecular formula is C18H39O5P. The van der Waals surface area contributed by atoms with Crippen LogP contribution in [0.4, 0.5) is 0 Å². The van der Waals surface area contributed by atoms with Gasteiger partial charge in [0.05, 0.1) is 6.61 Å². The summed E-state index contributed by atoms with van der Waals surface area (Å²) in [7, 11) is -4.26. The van der Waals surface area contributed by atoms with Crippen LogP contribution in [0.2, 0.25) is 0 Å². The molecule has 6 heteroatoms. The molecule has 0 radical (unpaired) electrons. The van der Waals surface area contributed by atoms with E-state index in [1.807, 2.05) is 0 Å². The van der Waals surface area contributed by atoms with E-state index in [1.165, 1.54) is 70.6 Å². The van der Waals surface area contributed by atoms with E-state index in [2.05, 4.69) is 23.6 Å². The fourth-order valence-electron chi connectivity index (χ4n) is 2.53. The fourth-order valence-corrected chi connectivity index (χ4v) is 2.90. The largest absolute Gasteiger partial charge is 0.469 e. The minimum Gasteiger partial charge on any atom is -0.412 e. The molecule has 0 saturated carbocycles. The Morgan fingerprint density at radius 3 is 1.62 bits per heavy atom. The Morgan fingerprint density at radius 2 is 1.17 bits per heavy atom. The maximum absolute atomic E-state index is 10.5. The zero-order valence-corrected chi connectivity index (χ0v) is 16.3. The molecule has 0 spiro atoms. The van der Waals surface area contributed by atoms with Crippen molar-refractivity contribution in [3.63, 3.8) is 0 Å². The second kappa shape index (κ2) is 19.1. The van der Waals surface area contributed by atoms with Gasteiger partial charge in [-0.25, -0.2) is 4.57 Å². The van der Waals surface area contributed by atoms with Gasteiger partial charge in [-0.1, -0.05) is 76.9 Å². The highest BCUT2D eigenvalue weighted by atomic mass is 31.2. The van der Waals surface area contributed by atoms with Crippen molar-refractivity contribution in [2.24, 2.45) is 0 Å². The molecule has 4 N–H and O–H groups in total. The first kappa shape index (κ1) is 26.0. The van der Waals surface area contributed by atoms with E-state index in [9.17, 15) is 4.57 Å². The molecule has 0 rings (SSSR count). The summed E-state index contributed by atoms with van der Waals surface area (Å²) < 4.78 is 14.9. The van der Waals surface area contributed by atoms with E-state index < -0.39 is 7.82 Å². The molecule has 0 aliphatic heterocycles. The van der Waals surface area contributed by atoms with Gasteiger partial charge in [-0.15, -0.1) is 0 Å². The fraction of sp³-hybridized carbons (Fsp3) is 0.889. The zero-order chi connectivity index (χ0) is 17.2. The van der Waals surface area contributed by atoms with Gasteiger partial charge in [-0.3, -0.25) is 4.52 Å². The van der Waals surface area contributed by atoms with Gasteiger partial charge in [0.1, 0.15) is 0 Å². The van der Waals surface area contributed by atoms with Gasteiger partial charge >= 0.3 is 7.82 Å². The minimum absolute atomic E-state index is 0. The number of hydrogen-bond acceptors (Lipinski definition) is 2. The van der Waals surface area contributed by atoms with E-state index >= 15 is 0 Å². The Balaban J connectivity index is 0. The Kier molecular flexibility index (Phi) is 20.8. The van der Waals surface area contributed by atoms with Crippen molar-refractivity contribution in [2.45, 2.75) is 96.8 Å². The Labute approximate surface area is 148 Å². The molecule has 146 valence electrons. The number of rotatable bonds is 17. The summed E-state index contributed by atoms with van der Waals surface area (Å²) in [6.45, 7) is 2.41. The molecule has 0 fully saturated rings. The maximum atomic E-state index is 10.5. The van der Waals surface area contributed by atoms with Crippen LogP contribution in [-0.4, -0.2) is 21.9 Å². The van der Waals surface area contributed by atoms with E-state index in [4.69, 9.17) is 9.79 Å². The minimum atomic E-state index is -4.26. The summed E-state index contributed by atoms with van der Waals surface area (Å²) in [6.07, 6.45) is 21.7. The monoisotopic (exact) mass is 366 g/mol. The van der Waals surface area contributed by atoms with Crippen LogP contribution in [0, 0.1) is 0 Å². The quantitative estimate of drug-likeness (QED) is 0.207. The first-order valence-electron chi connectivity index (χ1n) is 9.41. The van der Waals surface area contributed by atoms with Crippen molar-refractivity contribution >= 4 is 7.82 Å². The van der Waals surface area contributed by atoms with E-state index in [0.29, 0.717) is 0 Å². The third kappa shape index (κ3) is 24.1. The Bertz CT molecular complexity index is 315. The van der Waals surface area contributed by atoms with Gasteiger partial charge < -0.3 is 15.3 Å². The van der Waals surface area contributed by atoms with Gasteiger partial charge in [-0.2, -0.15) is 0 Å². The van der Waals surface area contributed by atoms with Crippen molar-refractivity contribution in [2.75, 3.05) is 6.61 Å². The molecule has 24 heavy (non-hydrogen) atoms. The third-order valence-corrected chi connectivity index (χ3v) is 4.43. The molecule has 0 aliphatic carbocycles. The lowest BCUT2D eigenvalue weighted by Crippen LogP contribution is -1.92. The van der Waals surface area contributed by atoms with Crippen LogP contribution in [0.15, 0.2) is 12.2 Å². The van der Waals surface area contributed by atoms with Crippen molar-refractivity contribution in [3.8, 4) is 0 Å². The first-order chi connectivity index (χ1) is 11.1. The molecule has 0 aromatic carbocycles. The number of unbranched alkanes of at least 4 members (excludes halogenated alkanes) is 12. The van der Waals surface area contributed by atoms with Crippen LogP contribution in [0.25, 0.3) is 0 Å². The highest BCUT2D eigenvalue weighted by Gasteiger charge is 2.12. The predicted molar refractivity (Wildman–Crippen MR) is 101 cm³/mol. The van der Waals surface area contributed by atoms with Gasteiger partial charge in [0.2, 0.25) is 0 Å². The smallest absolute Gasteiger partial charge is 0.412 e. The predicted octanol–water partition coefficient (Wildman–Crippen LogP) is 5.31. The normalized spacial score (nSPS) is 11.8. The average molecular weight is 366 g/mol. The van der Waals surface area contributed by atoms with Gasteiger partial charge in [0, 0.05) is 0 Å². The summed E-state index contributed by atoms with van der Waals surface area (Å²) in [4.78, 5) is 17.1. The SMILES string of the molecule is CCCCCCCC/C=C\CCCCCCCCOP(=O)(O)O.O. The molecule has 0 unspecified atom stereocenters. The molecule has 0 atom stereocenters. The molecule has 0 heterocycles. The molecule has 0 saturated heterocycles. The third-order valence-electron chi connectivity index (χ3n) is 3.92. The number of allylic oxidation sites excluding steroid dienone is 2. The van der Waals surface area contributed by atoms with Crippen LogP contribution < -0.4 is 0 Å². The van der Waals surface area contributed by atoms with Crippen molar-refractivity contribution < 1.29 is 24.4 Å². The number of phosphoric acid groups is 1. The highest BCUT2D eigenvalue weighted by molar-refractivity contribution is 7.46. The second-order valence-electron chi connectivity index (χ2n) is 6.26. The molecule has 5 nitrogen and oxygen atoms in total. The average Bonchev–Trinajstić information content (AvgIpc) is 2.49. The summed E-state index contributed by atoms with van der Waals surface area (Å²) in [6, 6.07) is 0. The van der Waals surface area contributed by atoms with Crippen molar-refractivity contribution in [1.82, 2.24) is 0 Å². The lowest BCUT2D eigenvalue weighted by atomic mass is 10.1. The molecule has 0 bridgehead atoms. The van der Waals surface area contributed by atoms with E-state index in [0.717, 1.165) is 19.3 Å². The highest BCUT2D eigenvalue weighted by Crippen LogP contribution is 2.35. The van der Waals surface area contributed by atoms with Crippen LogP contribution in [0.5, 0.6) is 0 Å². The molecule has 0 aromatic heterocycles. The summed E-state index contributed by atoms with van der Waals surface area (Å²) in [5.74, 6) is 0. The molecule has 0 amide bonds. The van der Waals surface area contributed by atoms with Crippen LogP contribution in [0.1, 0.15) is 96.8 Å². The van der Waals surface area contributed by atoms with Crippen LogP contribution in [-0.2, 0) is 9.09 Å². The lowest BCUT2D eigenvalue weighted by Gasteiger charge is -2.04. The Hall–Kier alpha value is -0.190. The molecule has 0 aliphatic rings. The van der Waals surface area contributed by atoms with E-state index in [-0.39, 0.29) is 12.1 Å². The summed E-state index contributed by atoms with van der Waals surface area (Å²) >= 11 is 0. The van der Waals surface area contributed by atoms with Gasteiger partial charge in [-0.05, 0) is 32.1 Å².